The maximum absolute atomic E-state index is 2.86. The van der Waals surface area contributed by atoms with E-state index in [4.69, 9.17) is 0 Å². The third-order valence-corrected chi connectivity index (χ3v) is 25.1. The molecule has 345 valence electrons. The largest absolute Gasteiger partial charge is 1.00 e. The van der Waals surface area contributed by atoms with Gasteiger partial charge in [0.1, 0.15) is 0 Å². The molecular formula is C65H56Cl3SiTi. The van der Waals surface area contributed by atoms with Crippen LogP contribution in [0.15, 0.2) is 259 Å². The van der Waals surface area contributed by atoms with Crippen molar-refractivity contribution in [2.45, 2.75) is 44.9 Å². The molecule has 0 nitrogen and oxygen atoms in total. The SMILES string of the molecule is C1=CC[C]([Ti+3][Si](c2cc(Cc3ccccc3)cc(Cc3ccccc3)c2)(c2cc(Cc3ccccc3)cc(Cc3ccccc3)c2)c2cc(Cc3ccccc3)cc(Cc3ccccc3)c2)=C1.[Cl-].[Cl-].[Cl-]. The second-order valence-electron chi connectivity index (χ2n) is 18.3. The average molecular weight is 1020 g/mol. The zero-order valence-corrected chi connectivity index (χ0v) is 44.2. The Balaban J connectivity index is 0.00000241. The smallest absolute Gasteiger partial charge is 1.00 e. The van der Waals surface area contributed by atoms with Crippen molar-refractivity contribution in [2.24, 2.45) is 0 Å². The summed E-state index contributed by atoms with van der Waals surface area (Å²) >= 11 is -0.783. The van der Waals surface area contributed by atoms with Crippen LogP contribution in [0.4, 0.5) is 0 Å². The second-order valence-corrected chi connectivity index (χ2v) is 27.5. The van der Waals surface area contributed by atoms with Crippen LogP contribution in [0.2, 0.25) is 0 Å². The van der Waals surface area contributed by atoms with Crippen molar-refractivity contribution in [3.05, 3.63) is 325 Å². The third-order valence-electron chi connectivity index (χ3n) is 13.1. The molecule has 5 heteroatoms. The van der Waals surface area contributed by atoms with Gasteiger partial charge in [-0.15, -0.1) is 0 Å². The van der Waals surface area contributed by atoms with Crippen molar-refractivity contribution < 1.29 is 55.6 Å². The molecule has 0 spiro atoms. The van der Waals surface area contributed by atoms with Gasteiger partial charge in [0.05, 0.1) is 0 Å². The molecule has 0 saturated carbocycles. The minimum atomic E-state index is -2.86. The molecule has 0 N–H and O–H groups in total. The van der Waals surface area contributed by atoms with Gasteiger partial charge in [0, 0.05) is 0 Å². The first-order valence-corrected chi connectivity index (χ1v) is 29.0. The Morgan fingerprint density at radius 2 is 0.514 bits per heavy atom. The van der Waals surface area contributed by atoms with Gasteiger partial charge in [0.25, 0.3) is 0 Å². The van der Waals surface area contributed by atoms with Gasteiger partial charge in [-0.1, -0.05) is 0 Å². The summed E-state index contributed by atoms with van der Waals surface area (Å²) in [5.41, 5.74) is 16.5. The molecule has 0 radical (unpaired) electrons. The molecule has 0 heterocycles. The number of benzene rings is 9. The van der Waals surface area contributed by atoms with Crippen LogP contribution in [0.25, 0.3) is 0 Å². The molecule has 0 saturated heterocycles. The first kappa shape index (κ1) is 52.1. The Labute approximate surface area is 444 Å². The van der Waals surface area contributed by atoms with E-state index in [1.807, 2.05) is 0 Å². The van der Waals surface area contributed by atoms with Gasteiger partial charge in [-0.3, -0.25) is 0 Å². The summed E-state index contributed by atoms with van der Waals surface area (Å²) in [7, 11) is 0. The third kappa shape index (κ3) is 13.4. The fourth-order valence-corrected chi connectivity index (χ4v) is 22.1. The quantitative estimate of drug-likeness (QED) is 0.0953. The molecule has 0 fully saturated rings. The molecule has 0 atom stereocenters. The number of allylic oxidation sites excluding steroid dienone is 4. The van der Waals surface area contributed by atoms with E-state index in [1.54, 1.807) is 19.4 Å². The molecule has 70 heavy (non-hydrogen) atoms. The normalized spacial score (nSPS) is 11.6. The van der Waals surface area contributed by atoms with E-state index in [0.717, 1.165) is 44.9 Å². The van der Waals surface area contributed by atoms with E-state index < -0.39 is 24.3 Å². The van der Waals surface area contributed by atoms with Crippen LogP contribution < -0.4 is 52.8 Å². The fraction of sp³-hybridized carbons (Fsp3) is 0.108. The molecule has 9 aromatic carbocycles. The summed E-state index contributed by atoms with van der Waals surface area (Å²) in [5, 5.41) is 4.64. The van der Waals surface area contributed by atoms with Gasteiger partial charge in [-0.25, -0.2) is 0 Å². The van der Waals surface area contributed by atoms with Gasteiger partial charge in [0.2, 0.25) is 0 Å². The predicted molar refractivity (Wildman–Crippen MR) is 281 cm³/mol. The molecule has 0 aliphatic heterocycles. The van der Waals surface area contributed by atoms with E-state index in [1.165, 1.54) is 66.8 Å². The maximum atomic E-state index is 2.67. The van der Waals surface area contributed by atoms with E-state index in [0.29, 0.717) is 0 Å². The van der Waals surface area contributed by atoms with E-state index in [2.05, 4.69) is 255 Å². The maximum Gasteiger partial charge on any atom is -1.00 e. The van der Waals surface area contributed by atoms with Crippen LogP contribution >= 0.6 is 0 Å². The van der Waals surface area contributed by atoms with Gasteiger partial charge in [-0.05, 0) is 0 Å². The Bertz CT molecular complexity index is 2610. The molecule has 0 bridgehead atoms. The summed E-state index contributed by atoms with van der Waals surface area (Å²) in [6.07, 6.45) is 13.6. The topological polar surface area (TPSA) is 0 Å². The molecule has 0 unspecified atom stereocenters. The summed E-state index contributed by atoms with van der Waals surface area (Å²) in [4.78, 5) is 0. The molecule has 0 aromatic heterocycles. The van der Waals surface area contributed by atoms with Gasteiger partial charge < -0.3 is 37.2 Å². The molecule has 0 amide bonds. The van der Waals surface area contributed by atoms with Gasteiger partial charge in [-0.2, -0.15) is 0 Å². The second kappa shape index (κ2) is 25.4. The first-order valence-electron chi connectivity index (χ1n) is 23.9. The Hall–Kier alpha value is -5.74. The van der Waals surface area contributed by atoms with Crippen molar-refractivity contribution in [2.75, 3.05) is 0 Å². The Morgan fingerprint density at radius 3 is 0.714 bits per heavy atom. The van der Waals surface area contributed by atoms with E-state index in [-0.39, 0.29) is 37.2 Å². The minimum Gasteiger partial charge on any atom is -1.00 e. The molecule has 9 aromatic rings. The van der Waals surface area contributed by atoms with Gasteiger partial charge in [0.15, 0.2) is 0 Å². The van der Waals surface area contributed by atoms with Crippen LogP contribution in [-0.4, -0.2) is 5.94 Å². The summed E-state index contributed by atoms with van der Waals surface area (Å²) in [6.45, 7) is 0. The van der Waals surface area contributed by atoms with Crippen molar-refractivity contribution in [3.63, 3.8) is 0 Å². The summed E-state index contributed by atoms with van der Waals surface area (Å²) in [6, 6.07) is 90.2. The fourth-order valence-electron chi connectivity index (χ4n) is 10.0. The standard InChI is InChI=1S/C60H51Si.C5H5.3ClH.Ti/c1-7-19-46(20-8-1)31-52-37-53(32-47-21-9-2-10-22-47)41-58(40-52)61(59-42-54(33-48-23-11-3-12-24-48)38-55(43-59)34-49-25-13-4-14-26-49)60-44-56(35-50-27-15-5-16-28-50)39-57(45-60)36-51-29-17-6-18-30-51;1-2-4-5-3-1;;;;/h1-30,37-45H,31-36H2;1-3H,4H2;3*1H;/q;;;;;+3/p-3. The van der Waals surface area contributed by atoms with Crippen LogP contribution in [0.1, 0.15) is 73.2 Å². The molecule has 1 aliphatic rings. The van der Waals surface area contributed by atoms with Crippen LogP contribution in [0, 0.1) is 0 Å². The number of halogens is 3. The zero-order chi connectivity index (χ0) is 45.1. The van der Waals surface area contributed by atoms with Crippen LogP contribution in [0.3, 0.4) is 0 Å². The summed E-state index contributed by atoms with van der Waals surface area (Å²) < 4.78 is 1.64. The molecule has 1 aliphatic carbocycles. The number of hydrogen-bond donors (Lipinski definition) is 0. The predicted octanol–water partition coefficient (Wildman–Crippen LogP) is 4.14. The zero-order valence-electron chi connectivity index (χ0n) is 39.3. The van der Waals surface area contributed by atoms with Crippen molar-refractivity contribution >= 4 is 21.5 Å². The van der Waals surface area contributed by atoms with Crippen LogP contribution in [0.5, 0.6) is 0 Å². The van der Waals surface area contributed by atoms with E-state index in [9.17, 15) is 0 Å². The summed E-state index contributed by atoms with van der Waals surface area (Å²) in [5.74, 6) is -2.86. The van der Waals surface area contributed by atoms with Gasteiger partial charge >= 0.3 is 410 Å². The van der Waals surface area contributed by atoms with Crippen molar-refractivity contribution in [1.82, 2.24) is 0 Å². The van der Waals surface area contributed by atoms with Crippen molar-refractivity contribution in [3.8, 4) is 0 Å². The van der Waals surface area contributed by atoms with E-state index >= 15 is 0 Å². The number of rotatable bonds is 17. The minimum absolute atomic E-state index is 0. The molecular weight excluding hydrogens is 963 g/mol. The Morgan fingerprint density at radius 1 is 0.286 bits per heavy atom. The monoisotopic (exact) mass is 1020 g/mol. The number of hydrogen-bond acceptors (Lipinski definition) is 0. The molecule has 10 rings (SSSR count). The first-order chi connectivity index (χ1) is 33.1. The Kier molecular flexibility index (Phi) is 18.9. The van der Waals surface area contributed by atoms with Crippen LogP contribution in [-0.2, 0) is 56.9 Å². The average Bonchev–Trinajstić information content (AvgIpc) is 3.88. The van der Waals surface area contributed by atoms with Crippen molar-refractivity contribution in [1.29, 1.82) is 0 Å².